The smallest absolute Gasteiger partial charge is 0.326 e. The van der Waals surface area contributed by atoms with Crippen molar-refractivity contribution in [2.24, 2.45) is 5.92 Å². The lowest BCUT2D eigenvalue weighted by atomic mass is 10.00. The highest BCUT2D eigenvalue weighted by Gasteiger charge is 2.24. The monoisotopic (exact) mass is 188 g/mol. The van der Waals surface area contributed by atoms with Gasteiger partial charge < -0.3 is 15.7 Å². The topological polar surface area (TPSA) is 78.4 Å². The molecule has 0 radical (unpaired) electrons. The first kappa shape index (κ1) is 11.7. The second-order valence-corrected chi connectivity index (χ2v) is 2.92. The van der Waals surface area contributed by atoms with E-state index in [-0.39, 0.29) is 5.92 Å². The molecule has 0 aromatic rings. The minimum atomic E-state index is -1.00. The maximum Gasteiger partial charge on any atom is 0.326 e. The Bertz CT molecular complexity index is 194. The normalized spacial score (nSPS) is 14.4. The SMILES string of the molecule is CCC(C)C(NC(=O)NC)C(=O)O. The van der Waals surface area contributed by atoms with Crippen LogP contribution < -0.4 is 10.6 Å². The van der Waals surface area contributed by atoms with E-state index in [2.05, 4.69) is 10.6 Å². The Kier molecular flexibility index (Phi) is 4.87. The fraction of sp³-hybridized carbons (Fsp3) is 0.750. The fourth-order valence-corrected chi connectivity index (χ4v) is 0.896. The van der Waals surface area contributed by atoms with Crippen molar-refractivity contribution < 1.29 is 14.7 Å². The second-order valence-electron chi connectivity index (χ2n) is 2.92. The van der Waals surface area contributed by atoms with E-state index < -0.39 is 18.0 Å². The lowest BCUT2D eigenvalue weighted by Crippen LogP contribution is -2.48. The minimum Gasteiger partial charge on any atom is -0.480 e. The zero-order valence-electron chi connectivity index (χ0n) is 8.13. The molecule has 0 saturated heterocycles. The number of amides is 2. The number of carbonyl (C=O) groups excluding carboxylic acids is 1. The Morgan fingerprint density at radius 2 is 2.00 bits per heavy atom. The Balaban J connectivity index is 4.26. The van der Waals surface area contributed by atoms with Gasteiger partial charge in [-0.25, -0.2) is 9.59 Å². The molecular formula is C8H16N2O3. The van der Waals surface area contributed by atoms with Gasteiger partial charge in [0.2, 0.25) is 0 Å². The summed E-state index contributed by atoms with van der Waals surface area (Å²) >= 11 is 0. The number of rotatable bonds is 4. The van der Waals surface area contributed by atoms with E-state index >= 15 is 0 Å². The van der Waals surface area contributed by atoms with Crippen molar-refractivity contribution in [2.45, 2.75) is 26.3 Å². The summed E-state index contributed by atoms with van der Waals surface area (Å²) in [6, 6.07) is -1.28. The number of hydrogen-bond acceptors (Lipinski definition) is 2. The average molecular weight is 188 g/mol. The molecule has 0 rings (SSSR count). The molecule has 0 fully saturated rings. The van der Waals surface area contributed by atoms with E-state index in [1.807, 2.05) is 6.92 Å². The van der Waals surface area contributed by atoms with Crippen LogP contribution in [-0.4, -0.2) is 30.2 Å². The molecular weight excluding hydrogens is 172 g/mol. The van der Waals surface area contributed by atoms with Crippen LogP contribution >= 0.6 is 0 Å². The summed E-state index contributed by atoms with van der Waals surface area (Å²) in [5.74, 6) is -1.08. The van der Waals surface area contributed by atoms with Crippen LogP contribution in [0.4, 0.5) is 4.79 Å². The Morgan fingerprint density at radius 3 is 2.31 bits per heavy atom. The number of carboxylic acids is 1. The first-order chi connectivity index (χ1) is 6.02. The molecule has 2 atom stereocenters. The highest BCUT2D eigenvalue weighted by Crippen LogP contribution is 2.07. The molecule has 3 N–H and O–H groups in total. The van der Waals surface area contributed by atoms with Gasteiger partial charge in [0.25, 0.3) is 0 Å². The fourth-order valence-electron chi connectivity index (χ4n) is 0.896. The summed E-state index contributed by atoms with van der Waals surface area (Å²) in [6.07, 6.45) is 0.709. The third kappa shape index (κ3) is 3.78. The molecule has 0 aromatic carbocycles. The molecule has 0 heterocycles. The second kappa shape index (κ2) is 5.40. The number of nitrogens with one attached hydrogen (secondary N) is 2. The van der Waals surface area contributed by atoms with Gasteiger partial charge in [-0.15, -0.1) is 0 Å². The summed E-state index contributed by atoms with van der Waals surface area (Å²) in [5, 5.41) is 13.5. The first-order valence-corrected chi connectivity index (χ1v) is 4.24. The quantitative estimate of drug-likeness (QED) is 0.598. The average Bonchev–Trinajstić information content (AvgIpc) is 2.11. The van der Waals surface area contributed by atoms with Gasteiger partial charge in [0.05, 0.1) is 0 Å². The molecule has 13 heavy (non-hydrogen) atoms. The number of carbonyl (C=O) groups is 2. The largest absolute Gasteiger partial charge is 0.480 e. The van der Waals surface area contributed by atoms with Crippen LogP contribution in [0.15, 0.2) is 0 Å². The summed E-state index contributed by atoms with van der Waals surface area (Å²) in [5.41, 5.74) is 0. The molecule has 0 aliphatic rings. The summed E-state index contributed by atoms with van der Waals surface area (Å²) in [6.45, 7) is 3.67. The van der Waals surface area contributed by atoms with Crippen LogP contribution in [0.5, 0.6) is 0 Å². The summed E-state index contributed by atoms with van der Waals surface area (Å²) in [7, 11) is 1.45. The Morgan fingerprint density at radius 1 is 1.46 bits per heavy atom. The number of urea groups is 1. The third-order valence-electron chi connectivity index (χ3n) is 1.99. The standard InChI is InChI=1S/C8H16N2O3/c1-4-5(2)6(7(11)12)10-8(13)9-3/h5-6H,4H2,1-3H3,(H,11,12)(H2,9,10,13). The van der Waals surface area contributed by atoms with Crippen LogP contribution in [0, 0.1) is 5.92 Å². The number of hydrogen-bond donors (Lipinski definition) is 3. The summed E-state index contributed by atoms with van der Waals surface area (Å²) in [4.78, 5) is 21.6. The van der Waals surface area contributed by atoms with Gasteiger partial charge in [-0.3, -0.25) is 0 Å². The van der Waals surface area contributed by atoms with Gasteiger partial charge >= 0.3 is 12.0 Å². The van der Waals surface area contributed by atoms with Crippen molar-refractivity contribution in [2.75, 3.05) is 7.05 Å². The zero-order chi connectivity index (χ0) is 10.4. The molecule has 0 spiro atoms. The van der Waals surface area contributed by atoms with Gasteiger partial charge in [0.15, 0.2) is 0 Å². The van der Waals surface area contributed by atoms with Gasteiger partial charge in [-0.2, -0.15) is 0 Å². The highest BCUT2D eigenvalue weighted by molar-refractivity contribution is 5.82. The number of carboxylic acid groups (broad SMARTS) is 1. The predicted molar refractivity (Wildman–Crippen MR) is 48.5 cm³/mol. The van der Waals surface area contributed by atoms with E-state index in [9.17, 15) is 9.59 Å². The first-order valence-electron chi connectivity index (χ1n) is 4.24. The maximum atomic E-state index is 10.9. The van der Waals surface area contributed by atoms with Crippen molar-refractivity contribution in [3.05, 3.63) is 0 Å². The molecule has 5 heteroatoms. The number of aliphatic carboxylic acids is 1. The summed E-state index contributed by atoms with van der Waals surface area (Å²) < 4.78 is 0. The van der Waals surface area contributed by atoms with Crippen LogP contribution in [0.1, 0.15) is 20.3 Å². The van der Waals surface area contributed by atoms with Gasteiger partial charge in [-0.1, -0.05) is 20.3 Å². The maximum absolute atomic E-state index is 10.9. The van der Waals surface area contributed by atoms with Crippen molar-refractivity contribution >= 4 is 12.0 Å². The zero-order valence-corrected chi connectivity index (χ0v) is 8.13. The lowest BCUT2D eigenvalue weighted by molar-refractivity contribution is -0.140. The van der Waals surface area contributed by atoms with E-state index in [1.165, 1.54) is 7.05 Å². The molecule has 2 unspecified atom stereocenters. The van der Waals surface area contributed by atoms with E-state index in [0.29, 0.717) is 6.42 Å². The highest BCUT2D eigenvalue weighted by atomic mass is 16.4. The van der Waals surface area contributed by atoms with Crippen LogP contribution in [-0.2, 0) is 4.79 Å². The third-order valence-corrected chi connectivity index (χ3v) is 1.99. The molecule has 2 amide bonds. The minimum absolute atomic E-state index is 0.0743. The van der Waals surface area contributed by atoms with Crippen molar-refractivity contribution in [3.8, 4) is 0 Å². The van der Waals surface area contributed by atoms with Crippen molar-refractivity contribution in [1.29, 1.82) is 0 Å². The van der Waals surface area contributed by atoms with E-state index in [0.717, 1.165) is 0 Å². The molecule has 0 aliphatic carbocycles. The van der Waals surface area contributed by atoms with E-state index in [4.69, 9.17) is 5.11 Å². The van der Waals surface area contributed by atoms with Crippen LogP contribution in [0.3, 0.4) is 0 Å². The Hall–Kier alpha value is -1.26. The molecule has 76 valence electrons. The van der Waals surface area contributed by atoms with Crippen molar-refractivity contribution in [1.82, 2.24) is 10.6 Å². The van der Waals surface area contributed by atoms with Gasteiger partial charge in [0, 0.05) is 7.05 Å². The van der Waals surface area contributed by atoms with Crippen LogP contribution in [0.2, 0.25) is 0 Å². The lowest BCUT2D eigenvalue weighted by Gasteiger charge is -2.19. The Labute approximate surface area is 77.5 Å². The van der Waals surface area contributed by atoms with Crippen molar-refractivity contribution in [3.63, 3.8) is 0 Å². The van der Waals surface area contributed by atoms with Gasteiger partial charge in [-0.05, 0) is 5.92 Å². The molecule has 0 aliphatic heterocycles. The van der Waals surface area contributed by atoms with Gasteiger partial charge in [0.1, 0.15) is 6.04 Å². The predicted octanol–water partition coefficient (Wildman–Crippen LogP) is 0.415. The molecule has 5 nitrogen and oxygen atoms in total. The van der Waals surface area contributed by atoms with E-state index in [1.54, 1.807) is 6.92 Å². The molecule has 0 bridgehead atoms. The van der Waals surface area contributed by atoms with Crippen LogP contribution in [0.25, 0.3) is 0 Å². The molecule has 0 aromatic heterocycles. The molecule has 0 saturated carbocycles.